The van der Waals surface area contributed by atoms with Gasteiger partial charge in [0.15, 0.2) is 5.82 Å². The van der Waals surface area contributed by atoms with E-state index in [1.807, 2.05) is 52.0 Å². The van der Waals surface area contributed by atoms with Gasteiger partial charge in [0.05, 0.1) is 4.92 Å². The molecule has 0 amide bonds. The van der Waals surface area contributed by atoms with Crippen molar-refractivity contribution >= 4 is 11.4 Å². The van der Waals surface area contributed by atoms with E-state index in [1.165, 1.54) is 11.6 Å². The summed E-state index contributed by atoms with van der Waals surface area (Å²) >= 11 is 0. The highest BCUT2D eigenvalue weighted by Gasteiger charge is 2.20. The highest BCUT2D eigenvalue weighted by Crippen LogP contribution is 2.32. The number of anilines is 1. The average molecular weight is 366 g/mol. The lowest BCUT2D eigenvalue weighted by Crippen LogP contribution is -2.08. The van der Waals surface area contributed by atoms with E-state index in [4.69, 9.17) is 4.52 Å². The Hall–Kier alpha value is -3.22. The van der Waals surface area contributed by atoms with E-state index in [0.29, 0.717) is 17.1 Å². The first kappa shape index (κ1) is 18.6. The first-order valence-electron chi connectivity index (χ1n) is 8.80. The molecule has 0 spiro atoms. The standard InChI is InChI=1S/C20H22N4O3/c1-12(2)19-22-20(27-23-19)16-9-10-17(18(11-16)24(25)26)21-14(4)15-7-5-13(3)6-8-15/h5-12,14,21H,1-4H3/t14-/m0/s1. The Labute approximate surface area is 157 Å². The maximum absolute atomic E-state index is 11.6. The molecule has 0 saturated carbocycles. The summed E-state index contributed by atoms with van der Waals surface area (Å²) < 4.78 is 5.24. The van der Waals surface area contributed by atoms with Gasteiger partial charge in [0.2, 0.25) is 0 Å². The van der Waals surface area contributed by atoms with Crippen molar-refractivity contribution in [2.24, 2.45) is 0 Å². The number of nitro benzene ring substituents is 1. The Morgan fingerprint density at radius 2 is 1.81 bits per heavy atom. The highest BCUT2D eigenvalue weighted by atomic mass is 16.6. The second-order valence-electron chi connectivity index (χ2n) is 6.88. The van der Waals surface area contributed by atoms with Crippen molar-refractivity contribution in [1.29, 1.82) is 0 Å². The maximum Gasteiger partial charge on any atom is 0.293 e. The molecule has 7 heteroatoms. The fourth-order valence-electron chi connectivity index (χ4n) is 2.70. The van der Waals surface area contributed by atoms with Crippen LogP contribution in [-0.4, -0.2) is 15.1 Å². The van der Waals surface area contributed by atoms with Crippen LogP contribution in [0.5, 0.6) is 0 Å². The number of hydrogen-bond acceptors (Lipinski definition) is 6. The monoisotopic (exact) mass is 366 g/mol. The van der Waals surface area contributed by atoms with Gasteiger partial charge >= 0.3 is 0 Å². The fraction of sp³-hybridized carbons (Fsp3) is 0.300. The van der Waals surface area contributed by atoms with E-state index in [2.05, 4.69) is 15.5 Å². The molecule has 140 valence electrons. The third-order valence-electron chi connectivity index (χ3n) is 4.35. The summed E-state index contributed by atoms with van der Waals surface area (Å²) in [7, 11) is 0. The molecule has 3 rings (SSSR count). The molecule has 27 heavy (non-hydrogen) atoms. The van der Waals surface area contributed by atoms with Gasteiger partial charge in [-0.05, 0) is 31.5 Å². The van der Waals surface area contributed by atoms with Gasteiger partial charge < -0.3 is 9.84 Å². The van der Waals surface area contributed by atoms with Gasteiger partial charge in [0, 0.05) is 23.6 Å². The van der Waals surface area contributed by atoms with E-state index in [0.717, 1.165) is 5.56 Å². The number of nitrogens with one attached hydrogen (secondary N) is 1. The summed E-state index contributed by atoms with van der Waals surface area (Å²) in [6.07, 6.45) is 0. The minimum Gasteiger partial charge on any atom is -0.373 e. The predicted molar refractivity (Wildman–Crippen MR) is 104 cm³/mol. The molecular formula is C20H22N4O3. The second kappa shape index (κ2) is 7.57. The van der Waals surface area contributed by atoms with E-state index in [-0.39, 0.29) is 23.5 Å². The zero-order chi connectivity index (χ0) is 19.6. The highest BCUT2D eigenvalue weighted by molar-refractivity contribution is 5.70. The van der Waals surface area contributed by atoms with E-state index in [9.17, 15) is 10.1 Å². The Morgan fingerprint density at radius 3 is 2.41 bits per heavy atom. The largest absolute Gasteiger partial charge is 0.373 e. The molecule has 1 aromatic heterocycles. The molecule has 2 aromatic carbocycles. The van der Waals surface area contributed by atoms with Crippen molar-refractivity contribution in [2.45, 2.75) is 39.7 Å². The third kappa shape index (κ3) is 4.13. The topological polar surface area (TPSA) is 94.1 Å². The molecule has 0 aliphatic rings. The van der Waals surface area contributed by atoms with Crippen molar-refractivity contribution in [1.82, 2.24) is 10.1 Å². The summed E-state index contributed by atoms with van der Waals surface area (Å²) in [6, 6.07) is 12.9. The van der Waals surface area contributed by atoms with Crippen LogP contribution in [0, 0.1) is 17.0 Å². The molecule has 0 bridgehead atoms. The maximum atomic E-state index is 11.6. The van der Waals surface area contributed by atoms with Crippen LogP contribution in [0.1, 0.15) is 49.7 Å². The van der Waals surface area contributed by atoms with Crippen LogP contribution < -0.4 is 5.32 Å². The van der Waals surface area contributed by atoms with E-state index < -0.39 is 4.92 Å². The molecule has 0 radical (unpaired) electrons. The van der Waals surface area contributed by atoms with Crippen LogP contribution in [0.4, 0.5) is 11.4 Å². The molecule has 0 unspecified atom stereocenters. The molecule has 0 saturated heterocycles. The van der Waals surface area contributed by atoms with Gasteiger partial charge in [0.25, 0.3) is 11.6 Å². The first-order valence-corrected chi connectivity index (χ1v) is 8.80. The Morgan fingerprint density at radius 1 is 1.11 bits per heavy atom. The van der Waals surface area contributed by atoms with Crippen molar-refractivity contribution < 1.29 is 9.45 Å². The Bertz CT molecular complexity index is 948. The number of aryl methyl sites for hydroxylation is 1. The minimum atomic E-state index is -0.409. The second-order valence-corrected chi connectivity index (χ2v) is 6.88. The summed E-state index contributed by atoms with van der Waals surface area (Å²) in [5, 5.41) is 18.7. The van der Waals surface area contributed by atoms with Gasteiger partial charge in [-0.15, -0.1) is 0 Å². The minimum absolute atomic E-state index is 0.0317. The number of hydrogen-bond donors (Lipinski definition) is 1. The zero-order valence-electron chi connectivity index (χ0n) is 15.8. The lowest BCUT2D eigenvalue weighted by atomic mass is 10.1. The third-order valence-corrected chi connectivity index (χ3v) is 4.35. The average Bonchev–Trinajstić information content (AvgIpc) is 3.13. The number of nitrogens with zero attached hydrogens (tertiary/aromatic N) is 3. The number of aromatic nitrogens is 2. The van der Waals surface area contributed by atoms with Crippen LogP contribution in [0.25, 0.3) is 11.5 Å². The van der Waals surface area contributed by atoms with Crippen LogP contribution in [-0.2, 0) is 0 Å². The lowest BCUT2D eigenvalue weighted by molar-refractivity contribution is -0.383. The quantitative estimate of drug-likeness (QED) is 0.473. The summed E-state index contributed by atoms with van der Waals surface area (Å²) in [6.45, 7) is 7.90. The van der Waals surface area contributed by atoms with E-state index in [1.54, 1.807) is 12.1 Å². The Kier molecular flexibility index (Phi) is 5.21. The van der Waals surface area contributed by atoms with E-state index >= 15 is 0 Å². The van der Waals surface area contributed by atoms with Crippen LogP contribution in [0.2, 0.25) is 0 Å². The van der Waals surface area contributed by atoms with Gasteiger partial charge in [-0.2, -0.15) is 4.98 Å². The van der Waals surface area contributed by atoms with Gasteiger partial charge in [0.1, 0.15) is 5.69 Å². The molecule has 1 atom stereocenters. The Balaban J connectivity index is 1.89. The summed E-state index contributed by atoms with van der Waals surface area (Å²) in [5.41, 5.74) is 3.16. The molecule has 3 aromatic rings. The van der Waals surface area contributed by atoms with Gasteiger partial charge in [-0.1, -0.05) is 48.8 Å². The van der Waals surface area contributed by atoms with Crippen molar-refractivity contribution in [3.8, 4) is 11.5 Å². The zero-order valence-corrected chi connectivity index (χ0v) is 15.8. The van der Waals surface area contributed by atoms with Crippen molar-refractivity contribution in [3.63, 3.8) is 0 Å². The van der Waals surface area contributed by atoms with Crippen molar-refractivity contribution in [2.75, 3.05) is 5.32 Å². The van der Waals surface area contributed by atoms with Crippen molar-refractivity contribution in [3.05, 3.63) is 69.5 Å². The summed E-state index contributed by atoms with van der Waals surface area (Å²) in [5.74, 6) is 0.969. The normalized spacial score (nSPS) is 12.2. The molecule has 1 heterocycles. The smallest absolute Gasteiger partial charge is 0.293 e. The molecular weight excluding hydrogens is 344 g/mol. The molecule has 1 N–H and O–H groups in total. The molecule has 0 fully saturated rings. The van der Waals surface area contributed by atoms with Gasteiger partial charge in [-0.25, -0.2) is 0 Å². The van der Waals surface area contributed by atoms with Crippen LogP contribution in [0.3, 0.4) is 0 Å². The molecule has 0 aliphatic heterocycles. The number of benzene rings is 2. The predicted octanol–water partition coefficient (Wildman–Crippen LogP) is 5.25. The number of nitro groups is 1. The lowest BCUT2D eigenvalue weighted by Gasteiger charge is -2.16. The fourth-order valence-corrected chi connectivity index (χ4v) is 2.70. The first-order chi connectivity index (χ1) is 12.8. The summed E-state index contributed by atoms with van der Waals surface area (Å²) in [4.78, 5) is 15.5. The number of rotatable bonds is 6. The SMILES string of the molecule is Cc1ccc([C@H](C)Nc2ccc(-c3nc(C(C)C)no3)cc2[N+](=O)[O-])cc1. The molecule has 7 nitrogen and oxygen atoms in total. The van der Waals surface area contributed by atoms with Crippen LogP contribution in [0.15, 0.2) is 47.0 Å². The van der Waals surface area contributed by atoms with Gasteiger partial charge in [-0.3, -0.25) is 10.1 Å². The van der Waals surface area contributed by atoms with Crippen LogP contribution >= 0.6 is 0 Å². The molecule has 0 aliphatic carbocycles.